The van der Waals surface area contributed by atoms with Crippen LogP contribution in [0.4, 0.5) is 4.79 Å². The molecule has 0 radical (unpaired) electrons. The molecule has 0 fully saturated rings. The molecule has 9 heteroatoms. The van der Waals surface area contributed by atoms with Gasteiger partial charge in [-0.25, -0.2) is 4.79 Å². The van der Waals surface area contributed by atoms with Crippen molar-refractivity contribution in [1.82, 2.24) is 20.8 Å². The summed E-state index contributed by atoms with van der Waals surface area (Å²) < 4.78 is 10.7. The van der Waals surface area contributed by atoms with Crippen LogP contribution in [-0.4, -0.2) is 33.3 Å². The summed E-state index contributed by atoms with van der Waals surface area (Å²) in [7, 11) is 0. The molecule has 0 saturated heterocycles. The van der Waals surface area contributed by atoms with E-state index >= 15 is 0 Å². The molecule has 0 saturated carbocycles. The van der Waals surface area contributed by atoms with Crippen molar-refractivity contribution in [2.45, 2.75) is 57.9 Å². The first-order valence-electron chi connectivity index (χ1n) is 13.4. The smallest absolute Gasteiger partial charge is 0.407 e. The van der Waals surface area contributed by atoms with Crippen molar-refractivity contribution in [2.24, 2.45) is 0 Å². The third-order valence-electron chi connectivity index (χ3n) is 6.38. The van der Waals surface area contributed by atoms with Crippen LogP contribution in [0.15, 0.2) is 89.5 Å². The third-order valence-corrected chi connectivity index (χ3v) is 6.38. The topological polar surface area (TPSA) is 127 Å². The molecule has 2 amide bonds. The molecule has 0 aliphatic carbocycles. The first-order chi connectivity index (χ1) is 19.5. The summed E-state index contributed by atoms with van der Waals surface area (Å²) >= 11 is 0. The number of hydrogen-bond acceptors (Lipinski definition) is 7. The zero-order valence-corrected chi connectivity index (χ0v) is 22.5. The van der Waals surface area contributed by atoms with Gasteiger partial charge < -0.3 is 25.0 Å². The highest BCUT2D eigenvalue weighted by molar-refractivity contribution is 5.94. The minimum atomic E-state index is -1.16. The molecule has 0 aliphatic heterocycles. The number of unbranched alkanes of at least 4 members (excludes halogenated alkanes) is 1. The number of benzene rings is 3. The van der Waals surface area contributed by atoms with E-state index in [2.05, 4.69) is 20.8 Å². The first-order valence-corrected chi connectivity index (χ1v) is 13.4. The predicted molar refractivity (Wildman–Crippen MR) is 149 cm³/mol. The summed E-state index contributed by atoms with van der Waals surface area (Å²) in [6.45, 7) is 2.61. The lowest BCUT2D eigenvalue weighted by molar-refractivity contribution is 0.0916. The van der Waals surface area contributed by atoms with E-state index in [0.29, 0.717) is 30.8 Å². The summed E-state index contributed by atoms with van der Waals surface area (Å²) in [6, 6.07) is 25.6. The summed E-state index contributed by atoms with van der Waals surface area (Å²) in [5, 5.41) is 20.6. The van der Waals surface area contributed by atoms with E-state index in [1.54, 1.807) is 12.1 Å². The van der Waals surface area contributed by atoms with Crippen molar-refractivity contribution in [3.8, 4) is 0 Å². The number of aliphatic hydroxyl groups excluding tert-OH is 1. The maximum atomic E-state index is 12.5. The van der Waals surface area contributed by atoms with Crippen LogP contribution in [0.3, 0.4) is 0 Å². The van der Waals surface area contributed by atoms with Crippen molar-refractivity contribution in [3.05, 3.63) is 119 Å². The number of aliphatic hydroxyl groups is 1. The fourth-order valence-corrected chi connectivity index (χ4v) is 4.12. The van der Waals surface area contributed by atoms with Crippen molar-refractivity contribution < 1.29 is 24.0 Å². The van der Waals surface area contributed by atoms with Gasteiger partial charge in [0.05, 0.1) is 12.5 Å². The molecule has 1 heterocycles. The Morgan fingerprint density at radius 1 is 0.925 bits per heavy atom. The molecular weight excluding hydrogens is 508 g/mol. The lowest BCUT2D eigenvalue weighted by Crippen LogP contribution is -2.40. The van der Waals surface area contributed by atoms with E-state index < -0.39 is 18.2 Å². The van der Waals surface area contributed by atoms with Gasteiger partial charge in [0, 0.05) is 12.1 Å². The molecule has 0 spiro atoms. The second-order valence-electron chi connectivity index (χ2n) is 9.49. The number of rotatable bonds is 13. The standard InChI is InChI=1S/C31H34N4O5/c1-2-3-14-26(33-31(38)39-21-24-12-8-5-9-13-24)28(36)29-34-27(40-35-29)19-22-15-17-25(18-16-22)30(37)32-20-23-10-6-4-7-11-23/h4-13,15-18,26,28,36H,2-3,14,19-21H2,1H3,(H,32,37)(H,33,38). The first kappa shape index (κ1) is 28.5. The molecule has 208 valence electrons. The number of ether oxygens (including phenoxy) is 1. The Balaban J connectivity index is 1.31. The molecule has 3 N–H and O–H groups in total. The molecule has 1 aromatic heterocycles. The zero-order chi connectivity index (χ0) is 28.2. The Morgan fingerprint density at radius 2 is 1.60 bits per heavy atom. The van der Waals surface area contributed by atoms with Crippen molar-refractivity contribution in [2.75, 3.05) is 0 Å². The number of alkyl carbamates (subject to hydrolysis) is 1. The highest BCUT2D eigenvalue weighted by Gasteiger charge is 2.27. The molecular formula is C31H34N4O5. The fraction of sp³-hybridized carbons (Fsp3) is 0.290. The van der Waals surface area contributed by atoms with Gasteiger partial charge in [0.2, 0.25) is 11.7 Å². The highest BCUT2D eigenvalue weighted by Crippen LogP contribution is 2.20. The van der Waals surface area contributed by atoms with Crippen LogP contribution < -0.4 is 10.6 Å². The molecule has 4 rings (SSSR count). The number of carbonyl (C=O) groups is 2. The van der Waals surface area contributed by atoms with Crippen LogP contribution >= 0.6 is 0 Å². The molecule has 3 aromatic carbocycles. The van der Waals surface area contributed by atoms with Gasteiger partial charge in [-0.15, -0.1) is 0 Å². The van der Waals surface area contributed by atoms with E-state index in [-0.39, 0.29) is 18.3 Å². The maximum absolute atomic E-state index is 12.5. The maximum Gasteiger partial charge on any atom is 0.407 e. The molecule has 40 heavy (non-hydrogen) atoms. The number of aromatic nitrogens is 2. The SMILES string of the molecule is CCCCC(NC(=O)OCc1ccccc1)C(O)c1noc(Cc2ccc(C(=O)NCc3ccccc3)cc2)n1. The van der Waals surface area contributed by atoms with Crippen LogP contribution in [-0.2, 0) is 24.3 Å². The van der Waals surface area contributed by atoms with E-state index in [1.165, 1.54) is 0 Å². The zero-order valence-electron chi connectivity index (χ0n) is 22.5. The van der Waals surface area contributed by atoms with Gasteiger partial charge in [0.25, 0.3) is 5.91 Å². The molecule has 2 atom stereocenters. The predicted octanol–water partition coefficient (Wildman–Crippen LogP) is 5.11. The van der Waals surface area contributed by atoms with Gasteiger partial charge in [0.1, 0.15) is 12.7 Å². The molecule has 9 nitrogen and oxygen atoms in total. The van der Waals surface area contributed by atoms with E-state index in [0.717, 1.165) is 29.5 Å². The van der Waals surface area contributed by atoms with Crippen LogP contribution in [0, 0.1) is 0 Å². The summed E-state index contributed by atoms with van der Waals surface area (Å²) in [5.41, 5.74) is 3.31. The second-order valence-corrected chi connectivity index (χ2v) is 9.49. The highest BCUT2D eigenvalue weighted by atomic mass is 16.5. The van der Waals surface area contributed by atoms with Gasteiger partial charge in [-0.1, -0.05) is 97.7 Å². The average Bonchev–Trinajstić information content (AvgIpc) is 3.46. The van der Waals surface area contributed by atoms with E-state index in [1.807, 2.05) is 79.7 Å². The van der Waals surface area contributed by atoms with Crippen LogP contribution in [0.25, 0.3) is 0 Å². The van der Waals surface area contributed by atoms with Crippen molar-refractivity contribution in [3.63, 3.8) is 0 Å². The van der Waals surface area contributed by atoms with Crippen LogP contribution in [0.5, 0.6) is 0 Å². The largest absolute Gasteiger partial charge is 0.445 e. The quantitative estimate of drug-likeness (QED) is 0.214. The Labute approximate surface area is 233 Å². The summed E-state index contributed by atoms with van der Waals surface area (Å²) in [6.07, 6.45) is 0.746. The fourth-order valence-electron chi connectivity index (χ4n) is 4.12. The van der Waals surface area contributed by atoms with Gasteiger partial charge in [-0.05, 0) is 35.2 Å². The number of hydrogen-bond donors (Lipinski definition) is 3. The number of amides is 2. The van der Waals surface area contributed by atoms with E-state index in [9.17, 15) is 14.7 Å². The van der Waals surface area contributed by atoms with Gasteiger partial charge in [0.15, 0.2) is 0 Å². The van der Waals surface area contributed by atoms with Crippen LogP contribution in [0.2, 0.25) is 0 Å². The Morgan fingerprint density at radius 3 is 2.27 bits per heavy atom. The molecule has 2 unspecified atom stereocenters. The summed E-state index contributed by atoms with van der Waals surface area (Å²) in [5.74, 6) is 0.249. The van der Waals surface area contributed by atoms with Crippen molar-refractivity contribution >= 4 is 12.0 Å². The third kappa shape index (κ3) is 8.51. The Kier molecular flexibility index (Phi) is 10.4. The molecule has 4 aromatic rings. The minimum absolute atomic E-state index is 0.0939. The number of nitrogens with zero attached hydrogens (tertiary/aromatic N) is 2. The monoisotopic (exact) mass is 542 g/mol. The second kappa shape index (κ2) is 14.6. The Hall–Kier alpha value is -4.50. The number of carbonyl (C=O) groups excluding carboxylic acids is 2. The lowest BCUT2D eigenvalue weighted by atomic mass is 10.0. The average molecular weight is 543 g/mol. The van der Waals surface area contributed by atoms with Gasteiger partial charge in [-0.2, -0.15) is 4.98 Å². The van der Waals surface area contributed by atoms with Crippen molar-refractivity contribution in [1.29, 1.82) is 0 Å². The molecule has 0 aliphatic rings. The number of nitrogens with one attached hydrogen (secondary N) is 2. The minimum Gasteiger partial charge on any atom is -0.445 e. The normalized spacial score (nSPS) is 12.3. The van der Waals surface area contributed by atoms with E-state index in [4.69, 9.17) is 9.26 Å². The Bertz CT molecular complexity index is 1340. The van der Waals surface area contributed by atoms with Crippen LogP contribution in [0.1, 0.15) is 71.1 Å². The molecule has 0 bridgehead atoms. The lowest BCUT2D eigenvalue weighted by Gasteiger charge is -2.21. The summed E-state index contributed by atoms with van der Waals surface area (Å²) in [4.78, 5) is 29.3. The van der Waals surface area contributed by atoms with Gasteiger partial charge >= 0.3 is 6.09 Å². The van der Waals surface area contributed by atoms with Gasteiger partial charge in [-0.3, -0.25) is 4.79 Å².